The van der Waals surface area contributed by atoms with Gasteiger partial charge in [0, 0.05) is 0 Å². The van der Waals surface area contributed by atoms with Gasteiger partial charge < -0.3 is 9.47 Å². The summed E-state index contributed by atoms with van der Waals surface area (Å²) in [4.78, 5) is 0. The molecule has 0 saturated heterocycles. The van der Waals surface area contributed by atoms with Gasteiger partial charge in [0.15, 0.2) is 0 Å². The van der Waals surface area contributed by atoms with Crippen LogP contribution in [0.2, 0.25) is 0 Å². The van der Waals surface area contributed by atoms with Crippen molar-refractivity contribution in [2.75, 3.05) is 14.2 Å². The summed E-state index contributed by atoms with van der Waals surface area (Å²) in [6.07, 6.45) is 0.779. The van der Waals surface area contributed by atoms with Crippen molar-refractivity contribution in [2.45, 2.75) is 13.3 Å². The van der Waals surface area contributed by atoms with Crippen LogP contribution in [0.4, 0.5) is 0 Å². The van der Waals surface area contributed by atoms with E-state index >= 15 is 0 Å². The quantitative estimate of drug-likeness (QED) is 0.600. The van der Waals surface area contributed by atoms with Gasteiger partial charge in [-0.05, 0) is 59.5 Å². The van der Waals surface area contributed by atoms with Gasteiger partial charge >= 0.3 is 0 Å². The van der Waals surface area contributed by atoms with Crippen LogP contribution in [0.5, 0.6) is 11.5 Å². The third-order valence-electron chi connectivity index (χ3n) is 3.58. The SMILES string of the molecule is CC/C(=C(/C#N)c1ccc(OC)cc1)c1ccc(OC)cc1. The molecule has 3 heteroatoms. The maximum atomic E-state index is 9.61. The molecule has 112 valence electrons. The Morgan fingerprint density at radius 2 is 1.32 bits per heavy atom. The average Bonchev–Trinajstić information content (AvgIpc) is 2.60. The molecule has 0 aliphatic heterocycles. The van der Waals surface area contributed by atoms with Crippen molar-refractivity contribution in [2.24, 2.45) is 0 Å². The third kappa shape index (κ3) is 3.29. The van der Waals surface area contributed by atoms with Gasteiger partial charge in [-0.1, -0.05) is 19.1 Å². The van der Waals surface area contributed by atoms with Crippen LogP contribution >= 0.6 is 0 Å². The lowest BCUT2D eigenvalue weighted by atomic mass is 9.93. The Morgan fingerprint density at radius 1 is 0.864 bits per heavy atom. The molecule has 0 aliphatic carbocycles. The summed E-state index contributed by atoms with van der Waals surface area (Å²) in [6, 6.07) is 17.7. The predicted molar refractivity (Wildman–Crippen MR) is 88.7 cm³/mol. The zero-order valence-corrected chi connectivity index (χ0v) is 13.1. The Balaban J connectivity index is 2.49. The molecule has 0 aliphatic rings. The minimum atomic E-state index is 0.690. The molecule has 0 N–H and O–H groups in total. The lowest BCUT2D eigenvalue weighted by molar-refractivity contribution is 0.414. The minimum absolute atomic E-state index is 0.690. The first-order chi connectivity index (χ1) is 10.7. The number of hydrogen-bond donors (Lipinski definition) is 0. The molecule has 3 nitrogen and oxygen atoms in total. The van der Waals surface area contributed by atoms with E-state index in [4.69, 9.17) is 9.47 Å². The molecule has 2 rings (SSSR count). The second kappa shape index (κ2) is 7.33. The topological polar surface area (TPSA) is 42.2 Å². The molecular weight excluding hydrogens is 274 g/mol. The molecule has 0 bridgehead atoms. The van der Waals surface area contributed by atoms with Crippen LogP contribution in [-0.4, -0.2) is 14.2 Å². The van der Waals surface area contributed by atoms with Gasteiger partial charge in [0.25, 0.3) is 0 Å². The van der Waals surface area contributed by atoms with Crippen molar-refractivity contribution in [1.82, 2.24) is 0 Å². The van der Waals surface area contributed by atoms with E-state index in [0.717, 1.165) is 34.6 Å². The first kappa shape index (κ1) is 15.7. The highest BCUT2D eigenvalue weighted by Gasteiger charge is 2.10. The van der Waals surface area contributed by atoms with Crippen molar-refractivity contribution in [3.05, 3.63) is 59.7 Å². The zero-order valence-electron chi connectivity index (χ0n) is 13.1. The second-order valence-corrected chi connectivity index (χ2v) is 4.78. The highest BCUT2D eigenvalue weighted by Crippen LogP contribution is 2.30. The minimum Gasteiger partial charge on any atom is -0.497 e. The standard InChI is InChI=1S/C19H19NO2/c1-4-18(14-5-9-16(21-2)10-6-14)19(13-20)15-7-11-17(22-3)12-8-15/h5-12H,4H2,1-3H3/b19-18+. The molecular formula is C19H19NO2. The number of hydrogen-bond acceptors (Lipinski definition) is 3. The van der Waals surface area contributed by atoms with E-state index in [0.29, 0.717) is 5.57 Å². The van der Waals surface area contributed by atoms with Gasteiger partial charge in [-0.25, -0.2) is 0 Å². The Hall–Kier alpha value is -2.73. The Kier molecular flexibility index (Phi) is 5.21. The van der Waals surface area contributed by atoms with Crippen LogP contribution in [-0.2, 0) is 0 Å². The second-order valence-electron chi connectivity index (χ2n) is 4.78. The fourth-order valence-electron chi connectivity index (χ4n) is 2.38. The lowest BCUT2D eigenvalue weighted by Crippen LogP contribution is -1.92. The summed E-state index contributed by atoms with van der Waals surface area (Å²) in [5, 5.41) is 9.61. The number of ether oxygens (including phenoxy) is 2. The van der Waals surface area contributed by atoms with Gasteiger partial charge in [0.05, 0.1) is 19.8 Å². The van der Waals surface area contributed by atoms with Crippen LogP contribution in [0.25, 0.3) is 11.1 Å². The summed E-state index contributed by atoms with van der Waals surface area (Å²) in [5.41, 5.74) is 3.65. The molecule has 2 aromatic carbocycles. The van der Waals surface area contributed by atoms with Crippen LogP contribution in [0.1, 0.15) is 24.5 Å². The fourth-order valence-corrected chi connectivity index (χ4v) is 2.38. The van der Waals surface area contributed by atoms with Crippen LogP contribution in [0, 0.1) is 11.3 Å². The summed E-state index contributed by atoms with van der Waals surface area (Å²) in [5.74, 6) is 1.59. The summed E-state index contributed by atoms with van der Waals surface area (Å²) >= 11 is 0. The number of nitriles is 1. The number of allylic oxidation sites excluding steroid dienone is 2. The molecule has 0 fully saturated rings. The molecule has 0 spiro atoms. The molecule has 22 heavy (non-hydrogen) atoms. The summed E-state index contributed by atoms with van der Waals surface area (Å²) < 4.78 is 10.4. The smallest absolute Gasteiger partial charge is 0.118 e. The molecule has 0 amide bonds. The molecule has 0 heterocycles. The average molecular weight is 293 g/mol. The van der Waals surface area contributed by atoms with Crippen molar-refractivity contribution < 1.29 is 9.47 Å². The molecule has 0 radical (unpaired) electrons. The lowest BCUT2D eigenvalue weighted by Gasteiger charge is -2.11. The molecule has 0 unspecified atom stereocenters. The van der Waals surface area contributed by atoms with E-state index in [1.807, 2.05) is 48.5 Å². The predicted octanol–water partition coefficient (Wildman–Crippen LogP) is 4.55. The Bertz CT molecular complexity index is 692. The van der Waals surface area contributed by atoms with E-state index in [1.54, 1.807) is 14.2 Å². The van der Waals surface area contributed by atoms with Crippen molar-refractivity contribution in [1.29, 1.82) is 5.26 Å². The van der Waals surface area contributed by atoms with Crippen LogP contribution in [0.3, 0.4) is 0 Å². The normalized spacial score (nSPS) is 11.4. The Morgan fingerprint density at radius 3 is 1.68 bits per heavy atom. The number of methoxy groups -OCH3 is 2. The number of benzene rings is 2. The largest absolute Gasteiger partial charge is 0.497 e. The third-order valence-corrected chi connectivity index (χ3v) is 3.58. The number of nitrogens with zero attached hydrogens (tertiary/aromatic N) is 1. The first-order valence-corrected chi connectivity index (χ1v) is 7.15. The van der Waals surface area contributed by atoms with Gasteiger partial charge in [-0.15, -0.1) is 0 Å². The summed E-state index contributed by atoms with van der Waals surface area (Å²) in [6.45, 7) is 2.06. The fraction of sp³-hybridized carbons (Fsp3) is 0.211. The maximum Gasteiger partial charge on any atom is 0.118 e. The van der Waals surface area contributed by atoms with Crippen molar-refractivity contribution in [3.8, 4) is 17.6 Å². The first-order valence-electron chi connectivity index (χ1n) is 7.15. The Labute approximate surface area is 131 Å². The van der Waals surface area contributed by atoms with Gasteiger partial charge in [-0.3, -0.25) is 0 Å². The van der Waals surface area contributed by atoms with E-state index in [2.05, 4.69) is 13.0 Å². The highest BCUT2D eigenvalue weighted by atomic mass is 16.5. The van der Waals surface area contributed by atoms with E-state index in [9.17, 15) is 5.26 Å². The van der Waals surface area contributed by atoms with Gasteiger partial charge in [0.1, 0.15) is 17.6 Å². The van der Waals surface area contributed by atoms with E-state index in [1.165, 1.54) is 0 Å². The van der Waals surface area contributed by atoms with E-state index in [-0.39, 0.29) is 0 Å². The number of rotatable bonds is 5. The highest BCUT2D eigenvalue weighted by molar-refractivity contribution is 5.97. The molecule has 0 aromatic heterocycles. The maximum absolute atomic E-state index is 9.61. The molecule has 2 aromatic rings. The molecule has 0 atom stereocenters. The van der Waals surface area contributed by atoms with Gasteiger partial charge in [-0.2, -0.15) is 5.26 Å². The van der Waals surface area contributed by atoms with Crippen LogP contribution < -0.4 is 9.47 Å². The monoisotopic (exact) mass is 293 g/mol. The molecule has 0 saturated carbocycles. The van der Waals surface area contributed by atoms with Crippen molar-refractivity contribution in [3.63, 3.8) is 0 Å². The summed E-state index contributed by atoms with van der Waals surface area (Å²) in [7, 11) is 3.27. The zero-order chi connectivity index (χ0) is 15.9. The van der Waals surface area contributed by atoms with Crippen LogP contribution in [0.15, 0.2) is 48.5 Å². The van der Waals surface area contributed by atoms with Gasteiger partial charge in [0.2, 0.25) is 0 Å². The van der Waals surface area contributed by atoms with Crippen molar-refractivity contribution >= 4 is 11.1 Å². The van der Waals surface area contributed by atoms with E-state index < -0.39 is 0 Å².